The summed E-state index contributed by atoms with van der Waals surface area (Å²) in [7, 11) is 2.01. The minimum Gasteiger partial charge on any atom is -0.445 e. The number of hydrogen-bond acceptors (Lipinski definition) is 4. The summed E-state index contributed by atoms with van der Waals surface area (Å²) < 4.78 is 5.19. The molecule has 1 aliphatic rings. The molecule has 0 aromatic heterocycles. The van der Waals surface area contributed by atoms with E-state index in [0.717, 1.165) is 37.7 Å². The lowest BCUT2D eigenvalue weighted by atomic mass is 9.97. The van der Waals surface area contributed by atoms with E-state index in [0.29, 0.717) is 13.2 Å². The van der Waals surface area contributed by atoms with Crippen LogP contribution in [0.5, 0.6) is 0 Å². The highest BCUT2D eigenvalue weighted by Crippen LogP contribution is 2.15. The van der Waals surface area contributed by atoms with Crippen molar-refractivity contribution in [3.63, 3.8) is 0 Å². The lowest BCUT2D eigenvalue weighted by Gasteiger charge is -2.31. The second kappa shape index (κ2) is 9.43. The van der Waals surface area contributed by atoms with Crippen LogP contribution in [0, 0.1) is 5.92 Å². The Morgan fingerprint density at radius 1 is 1.27 bits per heavy atom. The topological polar surface area (TPSA) is 53.6 Å². The molecule has 5 heteroatoms. The third-order valence-electron chi connectivity index (χ3n) is 4.11. The van der Waals surface area contributed by atoms with Crippen LogP contribution in [0.2, 0.25) is 0 Å². The predicted molar refractivity (Wildman–Crippen MR) is 87.7 cm³/mol. The van der Waals surface area contributed by atoms with Gasteiger partial charge in [0.25, 0.3) is 0 Å². The van der Waals surface area contributed by atoms with Crippen LogP contribution in [-0.4, -0.2) is 50.8 Å². The van der Waals surface area contributed by atoms with Gasteiger partial charge < -0.3 is 20.3 Å². The van der Waals surface area contributed by atoms with Crippen molar-refractivity contribution in [2.45, 2.75) is 19.4 Å². The van der Waals surface area contributed by atoms with Gasteiger partial charge in [-0.25, -0.2) is 4.79 Å². The maximum Gasteiger partial charge on any atom is 0.407 e. The molecule has 22 heavy (non-hydrogen) atoms. The van der Waals surface area contributed by atoms with Crippen LogP contribution in [0.15, 0.2) is 30.3 Å². The molecule has 0 radical (unpaired) electrons. The highest BCUT2D eigenvalue weighted by atomic mass is 16.5. The van der Waals surface area contributed by atoms with Gasteiger partial charge in [0.05, 0.1) is 0 Å². The fourth-order valence-corrected chi connectivity index (χ4v) is 2.79. The number of carbonyl (C=O) groups is 1. The molecule has 0 atom stereocenters. The molecule has 2 rings (SSSR count). The van der Waals surface area contributed by atoms with Crippen LogP contribution in [0.3, 0.4) is 0 Å². The molecular formula is C17H27N3O2. The van der Waals surface area contributed by atoms with Crippen molar-refractivity contribution in [2.24, 2.45) is 5.92 Å². The van der Waals surface area contributed by atoms with Crippen molar-refractivity contribution < 1.29 is 9.53 Å². The monoisotopic (exact) mass is 305 g/mol. The van der Waals surface area contributed by atoms with Crippen LogP contribution in [0.4, 0.5) is 4.79 Å². The minimum atomic E-state index is -0.339. The average molecular weight is 305 g/mol. The van der Waals surface area contributed by atoms with Crippen LogP contribution in [0.1, 0.15) is 18.4 Å². The Labute approximate surface area is 133 Å². The summed E-state index contributed by atoms with van der Waals surface area (Å²) in [6, 6.07) is 9.72. The van der Waals surface area contributed by atoms with E-state index in [-0.39, 0.29) is 6.09 Å². The zero-order valence-corrected chi connectivity index (χ0v) is 13.4. The van der Waals surface area contributed by atoms with Crippen molar-refractivity contribution in [2.75, 3.05) is 39.8 Å². The predicted octanol–water partition coefficient (Wildman–Crippen LogP) is 1.84. The van der Waals surface area contributed by atoms with Crippen molar-refractivity contribution in [1.29, 1.82) is 0 Å². The van der Waals surface area contributed by atoms with Crippen molar-refractivity contribution in [3.05, 3.63) is 35.9 Å². The first-order valence-electron chi connectivity index (χ1n) is 8.09. The molecular weight excluding hydrogens is 278 g/mol. The number of nitrogens with one attached hydrogen (secondary N) is 2. The van der Waals surface area contributed by atoms with E-state index in [2.05, 4.69) is 15.5 Å². The molecule has 2 N–H and O–H groups in total. The van der Waals surface area contributed by atoms with Crippen molar-refractivity contribution >= 4 is 6.09 Å². The van der Waals surface area contributed by atoms with E-state index < -0.39 is 0 Å². The molecule has 1 fully saturated rings. The Bertz CT molecular complexity index is 431. The Morgan fingerprint density at radius 2 is 2.00 bits per heavy atom. The summed E-state index contributed by atoms with van der Waals surface area (Å²) in [4.78, 5) is 14.0. The molecule has 1 heterocycles. The lowest BCUT2D eigenvalue weighted by molar-refractivity contribution is 0.135. The number of carbonyl (C=O) groups excluding carboxylic acids is 1. The summed E-state index contributed by atoms with van der Waals surface area (Å²) in [6.45, 7) is 5.21. The minimum absolute atomic E-state index is 0.322. The molecule has 0 saturated carbocycles. The van der Waals surface area contributed by atoms with Gasteiger partial charge in [-0.15, -0.1) is 0 Å². The van der Waals surface area contributed by atoms with E-state index in [1.165, 1.54) is 12.8 Å². The van der Waals surface area contributed by atoms with E-state index in [9.17, 15) is 4.79 Å². The van der Waals surface area contributed by atoms with Crippen molar-refractivity contribution in [3.8, 4) is 0 Å². The largest absolute Gasteiger partial charge is 0.445 e. The van der Waals surface area contributed by atoms with Gasteiger partial charge in [-0.3, -0.25) is 0 Å². The zero-order valence-electron chi connectivity index (χ0n) is 13.4. The molecule has 1 aliphatic heterocycles. The zero-order chi connectivity index (χ0) is 15.6. The van der Waals surface area contributed by atoms with Gasteiger partial charge in [0.1, 0.15) is 6.61 Å². The Hall–Kier alpha value is -1.59. The van der Waals surface area contributed by atoms with Gasteiger partial charge in [0.15, 0.2) is 0 Å². The quantitative estimate of drug-likeness (QED) is 0.807. The Kier molecular flexibility index (Phi) is 7.19. The average Bonchev–Trinajstić information content (AvgIpc) is 2.56. The number of rotatable bonds is 7. The Balaban J connectivity index is 1.54. The van der Waals surface area contributed by atoms with Crippen LogP contribution >= 0.6 is 0 Å². The van der Waals surface area contributed by atoms with Gasteiger partial charge in [-0.05, 0) is 51.0 Å². The van der Waals surface area contributed by atoms with E-state index in [4.69, 9.17) is 4.74 Å². The molecule has 0 unspecified atom stereocenters. The summed E-state index contributed by atoms with van der Waals surface area (Å²) >= 11 is 0. The van der Waals surface area contributed by atoms with Gasteiger partial charge in [0, 0.05) is 13.1 Å². The van der Waals surface area contributed by atoms with E-state index >= 15 is 0 Å². The number of alkyl carbamates (subject to hydrolysis) is 1. The van der Waals surface area contributed by atoms with Crippen LogP contribution in [0.25, 0.3) is 0 Å². The number of piperidine rings is 1. The first-order valence-corrected chi connectivity index (χ1v) is 8.09. The molecule has 1 amide bonds. The molecule has 122 valence electrons. The number of ether oxygens (including phenoxy) is 1. The lowest BCUT2D eigenvalue weighted by Crippen LogP contribution is -2.41. The summed E-state index contributed by atoms with van der Waals surface area (Å²) in [6.07, 6.45) is 2.13. The normalized spacial score (nSPS) is 16.4. The maximum absolute atomic E-state index is 11.6. The number of likely N-dealkylation sites (tertiary alicyclic amines) is 1. The van der Waals surface area contributed by atoms with Crippen molar-refractivity contribution in [1.82, 2.24) is 15.5 Å². The van der Waals surface area contributed by atoms with Gasteiger partial charge in [-0.2, -0.15) is 0 Å². The van der Waals surface area contributed by atoms with Gasteiger partial charge in [0.2, 0.25) is 0 Å². The first kappa shape index (κ1) is 16.8. The van der Waals surface area contributed by atoms with E-state index in [1.807, 2.05) is 37.4 Å². The second-order valence-electron chi connectivity index (χ2n) is 5.83. The maximum atomic E-state index is 11.6. The fraction of sp³-hybridized carbons (Fsp3) is 0.588. The first-order chi connectivity index (χ1) is 10.8. The molecule has 0 aliphatic carbocycles. The standard InChI is InChI=1S/C17H27N3O2/c1-18-13-15-7-10-20(11-8-15)12-9-19-17(21)22-14-16-5-3-2-4-6-16/h2-6,15,18H,7-14H2,1H3,(H,19,21). The van der Waals surface area contributed by atoms with E-state index in [1.54, 1.807) is 0 Å². The SMILES string of the molecule is CNCC1CCN(CCNC(=O)OCc2ccccc2)CC1. The van der Waals surface area contributed by atoms with Gasteiger partial charge >= 0.3 is 6.09 Å². The molecule has 1 saturated heterocycles. The smallest absolute Gasteiger partial charge is 0.407 e. The molecule has 5 nitrogen and oxygen atoms in total. The highest BCUT2D eigenvalue weighted by Gasteiger charge is 2.18. The number of amides is 1. The highest BCUT2D eigenvalue weighted by molar-refractivity contribution is 5.67. The van der Waals surface area contributed by atoms with Gasteiger partial charge in [-0.1, -0.05) is 30.3 Å². The third-order valence-corrected chi connectivity index (χ3v) is 4.11. The number of hydrogen-bond donors (Lipinski definition) is 2. The molecule has 1 aromatic rings. The van der Waals surface area contributed by atoms with Crippen LogP contribution in [-0.2, 0) is 11.3 Å². The number of benzene rings is 1. The third kappa shape index (κ3) is 6.03. The molecule has 1 aromatic carbocycles. The fourth-order valence-electron chi connectivity index (χ4n) is 2.79. The molecule has 0 spiro atoms. The summed E-state index contributed by atoms with van der Waals surface area (Å²) in [5.74, 6) is 0.796. The Morgan fingerprint density at radius 3 is 2.68 bits per heavy atom. The second-order valence-corrected chi connectivity index (χ2v) is 5.83. The summed E-state index contributed by atoms with van der Waals surface area (Å²) in [5.41, 5.74) is 1.00. The molecule has 0 bridgehead atoms. The van der Waals surface area contributed by atoms with Crippen LogP contribution < -0.4 is 10.6 Å². The number of nitrogens with zero attached hydrogens (tertiary/aromatic N) is 1. The summed E-state index contributed by atoms with van der Waals surface area (Å²) in [5, 5.41) is 6.07.